The summed E-state index contributed by atoms with van der Waals surface area (Å²) >= 11 is 0. The van der Waals surface area contributed by atoms with E-state index in [-0.39, 0.29) is 11.3 Å². The molecule has 0 aliphatic carbocycles. The van der Waals surface area contributed by atoms with E-state index < -0.39 is 30.2 Å². The van der Waals surface area contributed by atoms with Gasteiger partial charge in [0.25, 0.3) is 17.7 Å². The zero-order valence-corrected chi connectivity index (χ0v) is 18.8. The van der Waals surface area contributed by atoms with Crippen molar-refractivity contribution in [2.24, 2.45) is 0 Å². The molecule has 9 nitrogen and oxygen atoms in total. The summed E-state index contributed by atoms with van der Waals surface area (Å²) in [7, 11) is 1.52. The van der Waals surface area contributed by atoms with E-state index in [1.807, 2.05) is 6.07 Å². The Bertz CT molecular complexity index is 1240. The van der Waals surface area contributed by atoms with Crippen molar-refractivity contribution >= 4 is 35.5 Å². The first-order valence-corrected chi connectivity index (χ1v) is 10.5. The molecule has 0 heterocycles. The standard InChI is InChI=1S/C26H23N3O6/c1-35-21-13-9-19(10-14-21)25(33)29-22(15-17-5-3-2-4-6-17)26(34)28-20-11-7-18(8-12-20)24(32)27-16-23(30)31/h2-15H,16H2,1H3,(H,27,32)(H,28,34)(H,29,33)(H,30,31)/b22-15-. The lowest BCUT2D eigenvalue weighted by atomic mass is 10.1. The second-order valence-electron chi connectivity index (χ2n) is 7.26. The number of anilines is 1. The van der Waals surface area contributed by atoms with E-state index in [0.29, 0.717) is 22.6 Å². The fraction of sp³-hybridized carbons (Fsp3) is 0.0769. The van der Waals surface area contributed by atoms with Gasteiger partial charge in [0.15, 0.2) is 0 Å². The monoisotopic (exact) mass is 473 g/mol. The van der Waals surface area contributed by atoms with E-state index in [1.54, 1.807) is 54.6 Å². The lowest BCUT2D eigenvalue weighted by Crippen LogP contribution is -2.31. The Balaban J connectivity index is 1.76. The Morgan fingerprint density at radius 2 is 1.43 bits per heavy atom. The van der Waals surface area contributed by atoms with E-state index in [9.17, 15) is 19.2 Å². The maximum absolute atomic E-state index is 13.0. The van der Waals surface area contributed by atoms with Gasteiger partial charge in [-0.05, 0) is 60.2 Å². The number of carboxylic acids is 1. The van der Waals surface area contributed by atoms with Gasteiger partial charge in [-0.2, -0.15) is 0 Å². The maximum Gasteiger partial charge on any atom is 0.322 e. The van der Waals surface area contributed by atoms with E-state index >= 15 is 0 Å². The smallest absolute Gasteiger partial charge is 0.322 e. The lowest BCUT2D eigenvalue weighted by molar-refractivity contribution is -0.135. The van der Waals surface area contributed by atoms with Crippen molar-refractivity contribution in [3.05, 3.63) is 101 Å². The normalized spacial score (nSPS) is 10.7. The highest BCUT2D eigenvalue weighted by Crippen LogP contribution is 2.14. The van der Waals surface area contributed by atoms with Crippen LogP contribution in [0.5, 0.6) is 5.75 Å². The third-order valence-electron chi connectivity index (χ3n) is 4.76. The van der Waals surface area contributed by atoms with Gasteiger partial charge in [0.2, 0.25) is 0 Å². The highest BCUT2D eigenvalue weighted by atomic mass is 16.5. The quantitative estimate of drug-likeness (QED) is 0.353. The van der Waals surface area contributed by atoms with Crippen LogP contribution in [0.1, 0.15) is 26.3 Å². The highest BCUT2D eigenvalue weighted by Gasteiger charge is 2.16. The Labute approximate surface area is 201 Å². The summed E-state index contributed by atoms with van der Waals surface area (Å²) in [4.78, 5) is 48.4. The number of hydrogen-bond donors (Lipinski definition) is 4. The Morgan fingerprint density at radius 1 is 0.829 bits per heavy atom. The van der Waals surface area contributed by atoms with Crippen LogP contribution in [0.2, 0.25) is 0 Å². The highest BCUT2D eigenvalue weighted by molar-refractivity contribution is 6.10. The van der Waals surface area contributed by atoms with Crippen LogP contribution in [0.15, 0.2) is 84.6 Å². The molecule has 0 atom stereocenters. The molecule has 0 radical (unpaired) electrons. The largest absolute Gasteiger partial charge is 0.497 e. The van der Waals surface area contributed by atoms with Gasteiger partial charge in [-0.15, -0.1) is 0 Å². The molecule has 0 unspecified atom stereocenters. The summed E-state index contributed by atoms with van der Waals surface area (Å²) in [5.41, 5.74) is 1.67. The van der Waals surface area contributed by atoms with Crippen LogP contribution in [0.4, 0.5) is 5.69 Å². The lowest BCUT2D eigenvalue weighted by Gasteiger charge is -2.12. The predicted octanol–water partition coefficient (Wildman–Crippen LogP) is 2.92. The van der Waals surface area contributed by atoms with Gasteiger partial charge in [0.05, 0.1) is 7.11 Å². The predicted molar refractivity (Wildman–Crippen MR) is 130 cm³/mol. The number of carbonyl (C=O) groups is 4. The average molecular weight is 473 g/mol. The molecule has 0 aliphatic heterocycles. The van der Waals surface area contributed by atoms with Gasteiger partial charge in [0.1, 0.15) is 18.0 Å². The molecule has 0 aliphatic rings. The minimum absolute atomic E-state index is 0.0142. The van der Waals surface area contributed by atoms with Crippen LogP contribution in [0, 0.1) is 0 Å². The zero-order chi connectivity index (χ0) is 25.2. The van der Waals surface area contributed by atoms with E-state index in [0.717, 1.165) is 0 Å². The first kappa shape index (κ1) is 24.7. The van der Waals surface area contributed by atoms with Crippen LogP contribution in [0.25, 0.3) is 6.08 Å². The number of hydrogen-bond acceptors (Lipinski definition) is 5. The molecule has 4 N–H and O–H groups in total. The number of aliphatic carboxylic acids is 1. The molecule has 0 saturated heterocycles. The zero-order valence-electron chi connectivity index (χ0n) is 18.8. The molecule has 178 valence electrons. The summed E-state index contributed by atoms with van der Waals surface area (Å²) in [5, 5.41) is 16.3. The Hall–Kier alpha value is -4.92. The van der Waals surface area contributed by atoms with Crippen LogP contribution in [0.3, 0.4) is 0 Å². The van der Waals surface area contributed by atoms with Gasteiger partial charge in [-0.1, -0.05) is 30.3 Å². The summed E-state index contributed by atoms with van der Waals surface area (Å²) < 4.78 is 5.10. The Kier molecular flexibility index (Phi) is 8.33. The third kappa shape index (κ3) is 7.29. The van der Waals surface area contributed by atoms with Crippen LogP contribution < -0.4 is 20.7 Å². The Morgan fingerprint density at radius 3 is 2.03 bits per heavy atom. The van der Waals surface area contributed by atoms with E-state index in [1.165, 1.54) is 31.4 Å². The number of amides is 3. The molecule has 9 heteroatoms. The molecular formula is C26H23N3O6. The number of rotatable bonds is 9. The van der Waals surface area contributed by atoms with Crippen LogP contribution >= 0.6 is 0 Å². The SMILES string of the molecule is COc1ccc(C(=O)N/C(=C\c2ccccc2)C(=O)Nc2ccc(C(=O)NCC(=O)O)cc2)cc1. The summed E-state index contributed by atoms with van der Waals surface area (Å²) in [6, 6.07) is 21.4. The van der Waals surface area contributed by atoms with Crippen molar-refractivity contribution in [2.75, 3.05) is 19.0 Å². The molecular weight excluding hydrogens is 450 g/mol. The molecule has 3 amide bonds. The first-order valence-electron chi connectivity index (χ1n) is 10.5. The number of methoxy groups -OCH3 is 1. The van der Waals surface area contributed by atoms with Gasteiger partial charge >= 0.3 is 5.97 Å². The molecule has 0 saturated carbocycles. The van der Waals surface area contributed by atoms with E-state index in [2.05, 4.69) is 16.0 Å². The van der Waals surface area contributed by atoms with Crippen LogP contribution in [-0.2, 0) is 9.59 Å². The molecule has 0 spiro atoms. The molecule has 0 bridgehead atoms. The van der Waals surface area contributed by atoms with Crippen molar-refractivity contribution in [1.29, 1.82) is 0 Å². The molecule has 3 rings (SSSR count). The van der Waals surface area contributed by atoms with Crippen molar-refractivity contribution in [3.63, 3.8) is 0 Å². The average Bonchev–Trinajstić information content (AvgIpc) is 2.87. The topological polar surface area (TPSA) is 134 Å². The van der Waals surface area contributed by atoms with Gasteiger partial charge in [0, 0.05) is 16.8 Å². The molecule has 3 aromatic carbocycles. The molecule has 3 aromatic rings. The number of carboxylic acid groups (broad SMARTS) is 1. The number of carbonyl (C=O) groups excluding carboxylic acids is 3. The van der Waals surface area contributed by atoms with Gasteiger partial charge < -0.3 is 25.8 Å². The van der Waals surface area contributed by atoms with Crippen molar-refractivity contribution in [3.8, 4) is 5.75 Å². The first-order chi connectivity index (χ1) is 16.9. The summed E-state index contributed by atoms with van der Waals surface area (Å²) in [6.07, 6.45) is 1.55. The maximum atomic E-state index is 13.0. The van der Waals surface area contributed by atoms with E-state index in [4.69, 9.17) is 9.84 Å². The van der Waals surface area contributed by atoms with Crippen molar-refractivity contribution in [1.82, 2.24) is 10.6 Å². The second-order valence-corrected chi connectivity index (χ2v) is 7.26. The molecule has 0 aromatic heterocycles. The third-order valence-corrected chi connectivity index (χ3v) is 4.76. The minimum Gasteiger partial charge on any atom is -0.497 e. The van der Waals surface area contributed by atoms with Crippen molar-refractivity contribution in [2.45, 2.75) is 0 Å². The molecule has 0 fully saturated rings. The van der Waals surface area contributed by atoms with Gasteiger partial charge in [-0.25, -0.2) is 0 Å². The number of nitrogens with one attached hydrogen (secondary N) is 3. The number of benzene rings is 3. The fourth-order valence-electron chi connectivity index (χ4n) is 2.97. The van der Waals surface area contributed by atoms with Gasteiger partial charge in [-0.3, -0.25) is 19.2 Å². The van der Waals surface area contributed by atoms with Crippen LogP contribution in [-0.4, -0.2) is 42.5 Å². The minimum atomic E-state index is -1.16. The summed E-state index contributed by atoms with van der Waals surface area (Å²) in [6.45, 7) is -0.501. The fourth-order valence-corrected chi connectivity index (χ4v) is 2.97. The summed E-state index contributed by atoms with van der Waals surface area (Å²) in [5.74, 6) is -2.16. The number of ether oxygens (including phenoxy) is 1. The molecule has 35 heavy (non-hydrogen) atoms. The second kappa shape index (κ2) is 11.8. The van der Waals surface area contributed by atoms with Crippen molar-refractivity contribution < 1.29 is 29.0 Å².